The molecular weight excluding hydrogens is 273 g/mol. The second-order valence-corrected chi connectivity index (χ2v) is 4.44. The summed E-state index contributed by atoms with van der Waals surface area (Å²) in [7, 11) is 0. The van der Waals surface area contributed by atoms with E-state index >= 15 is 0 Å². The number of hydrogen-bond donors (Lipinski definition) is 1. The van der Waals surface area contributed by atoms with Crippen molar-refractivity contribution in [3.63, 3.8) is 0 Å². The van der Waals surface area contributed by atoms with E-state index in [9.17, 15) is 9.18 Å². The Morgan fingerprint density at radius 3 is 2.56 bits per heavy atom. The zero-order chi connectivity index (χ0) is 12.1. The Labute approximate surface area is 103 Å². The lowest BCUT2D eigenvalue weighted by molar-refractivity contribution is 0.0930. The molecule has 0 radical (unpaired) electrons. The Morgan fingerprint density at radius 1 is 1.44 bits per heavy atom. The van der Waals surface area contributed by atoms with Gasteiger partial charge in [-0.25, -0.2) is 4.39 Å². The van der Waals surface area contributed by atoms with Crippen LogP contribution in [0.25, 0.3) is 0 Å². The molecule has 0 heterocycles. The predicted octanol–water partition coefficient (Wildman–Crippen LogP) is 3.51. The summed E-state index contributed by atoms with van der Waals surface area (Å²) in [5.41, 5.74) is 0.0781. The van der Waals surface area contributed by atoms with E-state index in [0.717, 1.165) is 12.8 Å². The standard InChI is InChI=1S/C12H15BrFNO/c1-3-8(4-2)15-12(16)11-9(13)6-5-7-10(11)14/h5-8H,3-4H2,1-2H3,(H,15,16). The molecule has 1 aromatic carbocycles. The van der Waals surface area contributed by atoms with Gasteiger partial charge in [-0.1, -0.05) is 19.9 Å². The monoisotopic (exact) mass is 287 g/mol. The molecule has 1 N–H and O–H groups in total. The van der Waals surface area contributed by atoms with Gasteiger partial charge in [0.05, 0.1) is 5.56 Å². The summed E-state index contributed by atoms with van der Waals surface area (Å²) in [6.07, 6.45) is 1.68. The Bertz CT molecular complexity index is 357. The molecule has 0 aromatic heterocycles. The molecule has 1 aromatic rings. The van der Waals surface area contributed by atoms with Gasteiger partial charge in [0, 0.05) is 10.5 Å². The fourth-order valence-electron chi connectivity index (χ4n) is 1.47. The fraction of sp³-hybridized carbons (Fsp3) is 0.417. The van der Waals surface area contributed by atoms with Crippen LogP contribution in [0.3, 0.4) is 0 Å². The zero-order valence-electron chi connectivity index (χ0n) is 9.39. The van der Waals surface area contributed by atoms with Gasteiger partial charge >= 0.3 is 0 Å². The van der Waals surface area contributed by atoms with Crippen LogP contribution in [0.15, 0.2) is 22.7 Å². The number of carbonyl (C=O) groups is 1. The highest BCUT2D eigenvalue weighted by atomic mass is 79.9. The molecule has 0 saturated heterocycles. The lowest BCUT2D eigenvalue weighted by atomic mass is 10.1. The largest absolute Gasteiger partial charge is 0.349 e. The second-order valence-electron chi connectivity index (χ2n) is 3.58. The maximum Gasteiger partial charge on any atom is 0.255 e. The third kappa shape index (κ3) is 3.04. The molecule has 0 spiro atoms. The van der Waals surface area contributed by atoms with Gasteiger partial charge in [-0.05, 0) is 40.9 Å². The molecule has 88 valence electrons. The fourth-order valence-corrected chi connectivity index (χ4v) is 1.99. The van der Waals surface area contributed by atoms with Gasteiger partial charge in [-0.15, -0.1) is 0 Å². The first kappa shape index (κ1) is 13.2. The molecular formula is C12H15BrFNO. The van der Waals surface area contributed by atoms with Crippen molar-refractivity contribution in [2.24, 2.45) is 0 Å². The third-order valence-corrected chi connectivity index (χ3v) is 3.17. The molecule has 4 heteroatoms. The molecule has 0 atom stereocenters. The average molecular weight is 288 g/mol. The number of benzene rings is 1. The molecule has 0 aliphatic rings. The van der Waals surface area contributed by atoms with Gasteiger partial charge in [0.15, 0.2) is 0 Å². The van der Waals surface area contributed by atoms with Gasteiger partial charge in [-0.3, -0.25) is 4.79 Å². The zero-order valence-corrected chi connectivity index (χ0v) is 11.0. The quantitative estimate of drug-likeness (QED) is 0.902. The van der Waals surface area contributed by atoms with E-state index < -0.39 is 5.82 Å². The van der Waals surface area contributed by atoms with Crippen LogP contribution in [0.2, 0.25) is 0 Å². The highest BCUT2D eigenvalue weighted by molar-refractivity contribution is 9.10. The summed E-state index contributed by atoms with van der Waals surface area (Å²) in [5, 5.41) is 2.81. The Kier molecular flexibility index (Phi) is 4.93. The van der Waals surface area contributed by atoms with Crippen molar-refractivity contribution in [2.75, 3.05) is 0 Å². The minimum Gasteiger partial charge on any atom is -0.349 e. The minimum absolute atomic E-state index is 0.0781. The Hall–Kier alpha value is -0.900. The third-order valence-electron chi connectivity index (χ3n) is 2.51. The molecule has 0 fully saturated rings. The van der Waals surface area contributed by atoms with Gasteiger partial charge in [-0.2, -0.15) is 0 Å². The van der Waals surface area contributed by atoms with Crippen molar-refractivity contribution in [1.29, 1.82) is 0 Å². The summed E-state index contributed by atoms with van der Waals surface area (Å²) in [5.74, 6) is -0.864. The number of nitrogens with one attached hydrogen (secondary N) is 1. The first-order valence-corrected chi connectivity index (χ1v) is 6.14. The molecule has 1 amide bonds. The van der Waals surface area contributed by atoms with Gasteiger partial charge < -0.3 is 5.32 Å². The number of carbonyl (C=O) groups excluding carboxylic acids is 1. The lowest BCUT2D eigenvalue weighted by Gasteiger charge is -2.15. The van der Waals surface area contributed by atoms with E-state index in [-0.39, 0.29) is 17.5 Å². The summed E-state index contributed by atoms with van der Waals surface area (Å²) >= 11 is 3.18. The van der Waals surface area contributed by atoms with Crippen LogP contribution in [0, 0.1) is 5.82 Å². The molecule has 0 aliphatic heterocycles. The molecule has 16 heavy (non-hydrogen) atoms. The first-order valence-electron chi connectivity index (χ1n) is 5.35. The summed E-state index contributed by atoms with van der Waals surface area (Å²) < 4.78 is 14.0. The van der Waals surface area contributed by atoms with E-state index in [1.54, 1.807) is 12.1 Å². The smallest absolute Gasteiger partial charge is 0.255 e. The topological polar surface area (TPSA) is 29.1 Å². The first-order chi connectivity index (χ1) is 7.60. The van der Waals surface area contributed by atoms with Crippen LogP contribution in [0.1, 0.15) is 37.0 Å². The van der Waals surface area contributed by atoms with Crippen molar-refractivity contribution in [1.82, 2.24) is 5.32 Å². The molecule has 2 nitrogen and oxygen atoms in total. The average Bonchev–Trinajstić information content (AvgIpc) is 2.25. The minimum atomic E-state index is -0.502. The van der Waals surface area contributed by atoms with Crippen molar-refractivity contribution in [3.8, 4) is 0 Å². The second kappa shape index (κ2) is 5.99. The van der Waals surface area contributed by atoms with Gasteiger partial charge in [0.1, 0.15) is 5.82 Å². The van der Waals surface area contributed by atoms with Crippen LogP contribution in [-0.4, -0.2) is 11.9 Å². The number of halogens is 2. The summed E-state index contributed by atoms with van der Waals surface area (Å²) in [6.45, 7) is 3.98. The molecule has 0 unspecified atom stereocenters. The molecule has 0 aliphatic carbocycles. The summed E-state index contributed by atoms with van der Waals surface area (Å²) in [4.78, 5) is 11.8. The Balaban J connectivity index is 2.88. The van der Waals surface area contributed by atoms with E-state index in [0.29, 0.717) is 4.47 Å². The van der Waals surface area contributed by atoms with Crippen LogP contribution in [0.4, 0.5) is 4.39 Å². The molecule has 0 bridgehead atoms. The SMILES string of the molecule is CCC(CC)NC(=O)c1c(F)cccc1Br. The van der Waals surface area contributed by atoms with Crippen molar-refractivity contribution < 1.29 is 9.18 Å². The summed E-state index contributed by atoms with van der Waals surface area (Å²) in [6, 6.07) is 4.60. The van der Waals surface area contributed by atoms with E-state index in [2.05, 4.69) is 21.2 Å². The van der Waals surface area contributed by atoms with Crippen molar-refractivity contribution >= 4 is 21.8 Å². The van der Waals surface area contributed by atoms with Crippen LogP contribution in [0.5, 0.6) is 0 Å². The number of hydrogen-bond acceptors (Lipinski definition) is 1. The van der Waals surface area contributed by atoms with Gasteiger partial charge in [0.2, 0.25) is 0 Å². The van der Waals surface area contributed by atoms with Crippen molar-refractivity contribution in [2.45, 2.75) is 32.7 Å². The van der Waals surface area contributed by atoms with E-state index in [4.69, 9.17) is 0 Å². The van der Waals surface area contributed by atoms with E-state index in [1.807, 2.05) is 13.8 Å². The number of rotatable bonds is 4. The van der Waals surface area contributed by atoms with E-state index in [1.165, 1.54) is 6.07 Å². The maximum atomic E-state index is 13.5. The predicted molar refractivity (Wildman–Crippen MR) is 65.9 cm³/mol. The molecule has 0 saturated carbocycles. The highest BCUT2D eigenvalue weighted by Gasteiger charge is 2.17. The maximum absolute atomic E-state index is 13.5. The number of amides is 1. The Morgan fingerprint density at radius 2 is 2.06 bits per heavy atom. The van der Waals surface area contributed by atoms with Crippen LogP contribution >= 0.6 is 15.9 Å². The van der Waals surface area contributed by atoms with Crippen LogP contribution < -0.4 is 5.32 Å². The lowest BCUT2D eigenvalue weighted by Crippen LogP contribution is -2.34. The normalized spacial score (nSPS) is 10.6. The highest BCUT2D eigenvalue weighted by Crippen LogP contribution is 2.19. The van der Waals surface area contributed by atoms with Gasteiger partial charge in [0.25, 0.3) is 5.91 Å². The van der Waals surface area contributed by atoms with Crippen LogP contribution in [-0.2, 0) is 0 Å². The molecule has 1 rings (SSSR count). The van der Waals surface area contributed by atoms with Crippen molar-refractivity contribution in [3.05, 3.63) is 34.1 Å².